The van der Waals surface area contributed by atoms with E-state index in [2.05, 4.69) is 19.9 Å². The Morgan fingerprint density at radius 3 is 3.00 bits per heavy atom. The standard InChI is InChI=1S/C14H11ClN4OS/c1-20-10-5-8(16-6-17-10)13-18-12(15)11-7-3-2-4-9(7)21-14(11)19-13/h5-6H,2-4H2,1H3. The molecule has 0 radical (unpaired) electrons. The predicted octanol–water partition coefficient (Wildman–Crippen LogP) is 3.30. The molecule has 4 rings (SSSR count). The summed E-state index contributed by atoms with van der Waals surface area (Å²) in [5, 5.41) is 1.52. The summed E-state index contributed by atoms with van der Waals surface area (Å²) in [7, 11) is 1.56. The highest BCUT2D eigenvalue weighted by atomic mass is 35.5. The number of hydrogen-bond acceptors (Lipinski definition) is 6. The highest BCUT2D eigenvalue weighted by Gasteiger charge is 2.22. The molecule has 0 amide bonds. The van der Waals surface area contributed by atoms with Gasteiger partial charge in [0.25, 0.3) is 0 Å². The lowest BCUT2D eigenvalue weighted by molar-refractivity contribution is 0.397. The molecule has 3 aromatic rings. The van der Waals surface area contributed by atoms with Crippen LogP contribution in [0.5, 0.6) is 5.88 Å². The van der Waals surface area contributed by atoms with Gasteiger partial charge in [0.2, 0.25) is 5.88 Å². The lowest BCUT2D eigenvalue weighted by atomic mass is 10.2. The quantitative estimate of drug-likeness (QED) is 0.678. The third kappa shape index (κ3) is 2.06. The number of fused-ring (bicyclic) bond motifs is 3. The van der Waals surface area contributed by atoms with Gasteiger partial charge in [-0.25, -0.2) is 19.9 Å². The zero-order valence-corrected chi connectivity index (χ0v) is 12.8. The fraction of sp³-hybridized carbons (Fsp3) is 0.286. The van der Waals surface area contributed by atoms with Crippen LogP contribution in [-0.4, -0.2) is 27.0 Å². The van der Waals surface area contributed by atoms with Crippen LogP contribution in [0.3, 0.4) is 0 Å². The van der Waals surface area contributed by atoms with Gasteiger partial charge in [-0.1, -0.05) is 11.6 Å². The van der Waals surface area contributed by atoms with Crippen LogP contribution >= 0.6 is 22.9 Å². The molecule has 1 aliphatic carbocycles. The number of thiophene rings is 1. The second-order valence-corrected chi connectivity index (χ2v) is 6.26. The number of aryl methyl sites for hydroxylation is 2. The third-order valence-electron chi connectivity index (χ3n) is 3.60. The number of halogens is 1. The summed E-state index contributed by atoms with van der Waals surface area (Å²) in [6, 6.07) is 1.71. The van der Waals surface area contributed by atoms with E-state index in [0.29, 0.717) is 22.6 Å². The lowest BCUT2D eigenvalue weighted by Crippen LogP contribution is -1.95. The van der Waals surface area contributed by atoms with Crippen molar-refractivity contribution >= 4 is 33.2 Å². The normalized spacial score (nSPS) is 13.6. The first-order valence-corrected chi connectivity index (χ1v) is 7.80. The summed E-state index contributed by atoms with van der Waals surface area (Å²) in [6.07, 6.45) is 4.81. The van der Waals surface area contributed by atoms with Crippen molar-refractivity contribution in [1.82, 2.24) is 19.9 Å². The fourth-order valence-electron chi connectivity index (χ4n) is 2.64. The molecule has 7 heteroatoms. The largest absolute Gasteiger partial charge is 0.481 e. The first-order valence-electron chi connectivity index (χ1n) is 6.60. The van der Waals surface area contributed by atoms with Gasteiger partial charge in [0.1, 0.15) is 22.0 Å². The second-order valence-electron chi connectivity index (χ2n) is 4.82. The molecule has 1 aliphatic rings. The maximum atomic E-state index is 6.39. The fourth-order valence-corrected chi connectivity index (χ4v) is 4.24. The topological polar surface area (TPSA) is 60.8 Å². The minimum absolute atomic E-state index is 0.480. The van der Waals surface area contributed by atoms with Crippen molar-refractivity contribution in [2.45, 2.75) is 19.3 Å². The van der Waals surface area contributed by atoms with Gasteiger partial charge in [-0.05, 0) is 24.8 Å². The Morgan fingerprint density at radius 1 is 1.24 bits per heavy atom. The van der Waals surface area contributed by atoms with E-state index in [4.69, 9.17) is 16.3 Å². The molecule has 0 atom stereocenters. The first kappa shape index (κ1) is 12.9. The maximum absolute atomic E-state index is 6.39. The summed E-state index contributed by atoms with van der Waals surface area (Å²) < 4.78 is 5.11. The van der Waals surface area contributed by atoms with Gasteiger partial charge in [-0.15, -0.1) is 11.3 Å². The van der Waals surface area contributed by atoms with E-state index < -0.39 is 0 Å². The Hall–Kier alpha value is -1.79. The zero-order chi connectivity index (χ0) is 14.4. The SMILES string of the molecule is COc1cc(-c2nc(Cl)c3c4c(sc3n2)CCC4)ncn1. The molecule has 0 saturated heterocycles. The van der Waals surface area contributed by atoms with Gasteiger partial charge in [0.05, 0.1) is 12.5 Å². The average Bonchev–Trinajstić information content (AvgIpc) is 3.07. The summed E-state index contributed by atoms with van der Waals surface area (Å²) in [5.74, 6) is 0.988. The van der Waals surface area contributed by atoms with E-state index in [1.54, 1.807) is 24.5 Å². The molecule has 0 aromatic carbocycles. The summed E-state index contributed by atoms with van der Waals surface area (Å²) in [4.78, 5) is 19.5. The van der Waals surface area contributed by atoms with E-state index in [9.17, 15) is 0 Å². The minimum Gasteiger partial charge on any atom is -0.481 e. The van der Waals surface area contributed by atoms with Crippen LogP contribution in [0.1, 0.15) is 16.9 Å². The molecular formula is C14H11ClN4OS. The van der Waals surface area contributed by atoms with Gasteiger partial charge >= 0.3 is 0 Å². The lowest BCUT2D eigenvalue weighted by Gasteiger charge is -2.03. The van der Waals surface area contributed by atoms with Crippen LogP contribution in [0.15, 0.2) is 12.4 Å². The van der Waals surface area contributed by atoms with E-state index in [0.717, 1.165) is 23.1 Å². The Bertz CT molecular complexity index is 848. The Balaban J connectivity index is 1.90. The molecule has 0 unspecified atom stereocenters. The van der Waals surface area contributed by atoms with E-state index in [-0.39, 0.29) is 0 Å². The molecule has 0 fully saturated rings. The molecule has 0 aliphatic heterocycles. The van der Waals surface area contributed by atoms with Gasteiger partial charge in [0.15, 0.2) is 5.82 Å². The number of ether oxygens (including phenoxy) is 1. The first-order chi connectivity index (χ1) is 10.3. The van der Waals surface area contributed by atoms with E-state index >= 15 is 0 Å². The van der Waals surface area contributed by atoms with Crippen LogP contribution in [0.4, 0.5) is 0 Å². The molecule has 5 nitrogen and oxygen atoms in total. The summed E-state index contributed by atoms with van der Waals surface area (Å²) >= 11 is 8.10. The van der Waals surface area contributed by atoms with Gasteiger partial charge in [-0.2, -0.15) is 0 Å². The number of rotatable bonds is 2. The Labute approximate surface area is 130 Å². The molecule has 0 N–H and O–H groups in total. The Kier molecular flexibility index (Phi) is 3.01. The van der Waals surface area contributed by atoms with Crippen LogP contribution in [0.25, 0.3) is 21.7 Å². The molecule has 0 bridgehead atoms. The van der Waals surface area contributed by atoms with Crippen molar-refractivity contribution in [2.75, 3.05) is 7.11 Å². The number of nitrogens with zero attached hydrogens (tertiary/aromatic N) is 4. The highest BCUT2D eigenvalue weighted by Crippen LogP contribution is 2.39. The zero-order valence-electron chi connectivity index (χ0n) is 11.3. The van der Waals surface area contributed by atoms with Crippen LogP contribution in [0.2, 0.25) is 5.15 Å². The van der Waals surface area contributed by atoms with Gasteiger partial charge in [0, 0.05) is 10.9 Å². The maximum Gasteiger partial charge on any atom is 0.216 e. The molecule has 0 saturated carbocycles. The molecular weight excluding hydrogens is 308 g/mol. The summed E-state index contributed by atoms with van der Waals surface area (Å²) in [5.41, 5.74) is 1.94. The van der Waals surface area contributed by atoms with Crippen molar-refractivity contribution in [3.05, 3.63) is 28.0 Å². The van der Waals surface area contributed by atoms with Crippen molar-refractivity contribution in [1.29, 1.82) is 0 Å². The van der Waals surface area contributed by atoms with Crippen molar-refractivity contribution in [3.63, 3.8) is 0 Å². The molecule has 3 aromatic heterocycles. The molecule has 0 spiro atoms. The molecule has 106 valence electrons. The van der Waals surface area contributed by atoms with Gasteiger partial charge in [-0.3, -0.25) is 0 Å². The average molecular weight is 319 g/mol. The van der Waals surface area contributed by atoms with Crippen molar-refractivity contribution in [2.24, 2.45) is 0 Å². The summed E-state index contributed by atoms with van der Waals surface area (Å²) in [6.45, 7) is 0. The molecule has 21 heavy (non-hydrogen) atoms. The monoisotopic (exact) mass is 318 g/mol. The van der Waals surface area contributed by atoms with Gasteiger partial charge < -0.3 is 4.74 Å². The van der Waals surface area contributed by atoms with E-state index in [1.165, 1.54) is 23.2 Å². The number of methoxy groups -OCH3 is 1. The van der Waals surface area contributed by atoms with Crippen molar-refractivity contribution in [3.8, 4) is 17.4 Å². The van der Waals surface area contributed by atoms with Crippen LogP contribution in [0, 0.1) is 0 Å². The molecule has 3 heterocycles. The van der Waals surface area contributed by atoms with Crippen LogP contribution in [-0.2, 0) is 12.8 Å². The second kappa shape index (κ2) is 4.89. The highest BCUT2D eigenvalue weighted by molar-refractivity contribution is 7.19. The predicted molar refractivity (Wildman–Crippen MR) is 82.0 cm³/mol. The third-order valence-corrected chi connectivity index (χ3v) is 5.06. The smallest absolute Gasteiger partial charge is 0.216 e. The van der Waals surface area contributed by atoms with Crippen molar-refractivity contribution < 1.29 is 4.74 Å². The minimum atomic E-state index is 0.480. The van der Waals surface area contributed by atoms with Crippen LogP contribution < -0.4 is 4.74 Å². The van der Waals surface area contributed by atoms with E-state index in [1.807, 2.05) is 0 Å². The Morgan fingerprint density at radius 2 is 2.14 bits per heavy atom. The number of hydrogen-bond donors (Lipinski definition) is 0. The number of aromatic nitrogens is 4.